The van der Waals surface area contributed by atoms with Crippen molar-refractivity contribution in [2.45, 2.75) is 6.54 Å². The molecule has 1 heterocycles. The predicted molar refractivity (Wildman–Crippen MR) is 86.2 cm³/mol. The molecule has 0 unspecified atom stereocenters. The molecule has 0 aliphatic heterocycles. The van der Waals surface area contributed by atoms with Crippen LogP contribution in [0.1, 0.15) is 15.9 Å². The number of carbonyl (C=O) groups excluding carboxylic acids is 1. The molecule has 0 N–H and O–H groups in total. The molecule has 0 spiro atoms. The van der Waals surface area contributed by atoms with Gasteiger partial charge in [0.1, 0.15) is 0 Å². The van der Waals surface area contributed by atoms with Crippen molar-refractivity contribution >= 4 is 28.4 Å². The molecule has 110 valence electrons. The van der Waals surface area contributed by atoms with Crippen molar-refractivity contribution in [1.29, 1.82) is 0 Å². The Balaban J connectivity index is 1.96. The van der Waals surface area contributed by atoms with Gasteiger partial charge in [-0.15, -0.1) is 10.2 Å². The van der Waals surface area contributed by atoms with Crippen molar-refractivity contribution in [2.24, 2.45) is 0 Å². The second kappa shape index (κ2) is 6.30. The van der Waals surface area contributed by atoms with E-state index < -0.39 is 5.24 Å². The summed E-state index contributed by atoms with van der Waals surface area (Å²) < 4.78 is 1.81. The first-order chi connectivity index (χ1) is 10.6. The normalized spacial score (nSPS) is 10.6. The highest BCUT2D eigenvalue weighted by Gasteiger charge is 2.13. The average molecular weight is 332 g/mol. The first kappa shape index (κ1) is 14.8. The van der Waals surface area contributed by atoms with E-state index in [2.05, 4.69) is 10.2 Å². The summed E-state index contributed by atoms with van der Waals surface area (Å²) in [5, 5.41) is 7.88. The van der Waals surface area contributed by atoms with Gasteiger partial charge in [-0.3, -0.25) is 9.36 Å². The third kappa shape index (κ3) is 3.03. The van der Waals surface area contributed by atoms with Crippen molar-refractivity contribution in [3.63, 3.8) is 0 Å². The van der Waals surface area contributed by atoms with Gasteiger partial charge in [-0.05, 0) is 40.9 Å². The molecule has 4 nitrogen and oxygen atoms in total. The van der Waals surface area contributed by atoms with Gasteiger partial charge in [0, 0.05) is 11.1 Å². The highest BCUT2D eigenvalue weighted by atomic mass is 35.5. The van der Waals surface area contributed by atoms with Crippen molar-refractivity contribution in [1.82, 2.24) is 14.8 Å². The SMILES string of the molecule is O=C(Cl)c1ccc(-c2nnc(Cl)n2Cc2ccccc2)cc1. The third-order valence-corrected chi connectivity index (χ3v) is 3.76. The van der Waals surface area contributed by atoms with Crippen LogP contribution in [0.3, 0.4) is 0 Å². The first-order valence-electron chi connectivity index (χ1n) is 6.58. The van der Waals surface area contributed by atoms with E-state index in [0.29, 0.717) is 23.2 Å². The van der Waals surface area contributed by atoms with E-state index in [0.717, 1.165) is 11.1 Å². The van der Waals surface area contributed by atoms with Crippen LogP contribution in [-0.2, 0) is 6.54 Å². The van der Waals surface area contributed by atoms with E-state index in [1.54, 1.807) is 24.3 Å². The van der Waals surface area contributed by atoms with Crippen LogP contribution in [0.25, 0.3) is 11.4 Å². The predicted octanol–water partition coefficient (Wildman–Crippen LogP) is 4.03. The van der Waals surface area contributed by atoms with Crippen molar-refractivity contribution in [2.75, 3.05) is 0 Å². The van der Waals surface area contributed by atoms with Crippen LogP contribution < -0.4 is 0 Å². The lowest BCUT2D eigenvalue weighted by Gasteiger charge is -2.08. The van der Waals surface area contributed by atoms with Gasteiger partial charge in [0.2, 0.25) is 5.28 Å². The summed E-state index contributed by atoms with van der Waals surface area (Å²) in [6.45, 7) is 0.568. The lowest BCUT2D eigenvalue weighted by atomic mass is 10.1. The molecule has 0 saturated carbocycles. The Labute approximate surface area is 137 Å². The number of aromatic nitrogens is 3. The molecule has 0 aliphatic carbocycles. The quantitative estimate of drug-likeness (QED) is 0.678. The first-order valence-corrected chi connectivity index (χ1v) is 7.33. The van der Waals surface area contributed by atoms with Gasteiger partial charge in [-0.25, -0.2) is 0 Å². The standard InChI is InChI=1S/C16H11Cl2N3O/c17-14(22)12-6-8-13(9-7-12)15-19-20-16(18)21(15)10-11-4-2-1-3-5-11/h1-9H,10H2. The molecule has 0 radical (unpaired) electrons. The van der Waals surface area contributed by atoms with E-state index in [1.807, 2.05) is 34.9 Å². The van der Waals surface area contributed by atoms with E-state index >= 15 is 0 Å². The Morgan fingerprint density at radius 1 is 1.00 bits per heavy atom. The fourth-order valence-electron chi connectivity index (χ4n) is 2.15. The molecule has 0 saturated heterocycles. The van der Waals surface area contributed by atoms with E-state index in [1.165, 1.54) is 0 Å². The van der Waals surface area contributed by atoms with Gasteiger partial charge in [0.15, 0.2) is 5.82 Å². The summed E-state index contributed by atoms with van der Waals surface area (Å²) in [6.07, 6.45) is 0. The molecule has 0 bridgehead atoms. The minimum Gasteiger partial charge on any atom is -0.293 e. The summed E-state index contributed by atoms with van der Waals surface area (Å²) in [5.74, 6) is 0.641. The Kier molecular flexibility index (Phi) is 4.22. The molecule has 3 aromatic rings. The highest BCUT2D eigenvalue weighted by Crippen LogP contribution is 2.22. The Morgan fingerprint density at radius 2 is 1.68 bits per heavy atom. The molecule has 0 atom stereocenters. The molecule has 2 aromatic carbocycles. The zero-order chi connectivity index (χ0) is 15.5. The Hall–Kier alpha value is -2.17. The van der Waals surface area contributed by atoms with Crippen LogP contribution in [0, 0.1) is 0 Å². The molecular weight excluding hydrogens is 321 g/mol. The monoisotopic (exact) mass is 331 g/mol. The number of carbonyl (C=O) groups is 1. The van der Waals surface area contributed by atoms with E-state index in [9.17, 15) is 4.79 Å². The molecule has 22 heavy (non-hydrogen) atoms. The lowest BCUT2D eigenvalue weighted by Crippen LogP contribution is -2.02. The fraction of sp³-hybridized carbons (Fsp3) is 0.0625. The van der Waals surface area contributed by atoms with Crippen LogP contribution in [0.5, 0.6) is 0 Å². The smallest absolute Gasteiger partial charge is 0.252 e. The number of benzene rings is 2. The summed E-state index contributed by atoms with van der Waals surface area (Å²) in [6, 6.07) is 16.8. The van der Waals surface area contributed by atoms with Crippen molar-refractivity contribution in [3.8, 4) is 11.4 Å². The third-order valence-electron chi connectivity index (χ3n) is 3.26. The topological polar surface area (TPSA) is 47.8 Å². The maximum absolute atomic E-state index is 11.1. The van der Waals surface area contributed by atoms with Crippen LogP contribution in [-0.4, -0.2) is 20.0 Å². The zero-order valence-corrected chi connectivity index (χ0v) is 12.9. The van der Waals surface area contributed by atoms with Crippen LogP contribution in [0.4, 0.5) is 0 Å². The average Bonchev–Trinajstić information content (AvgIpc) is 2.89. The molecule has 0 fully saturated rings. The Bertz CT molecular complexity index is 798. The fourth-order valence-corrected chi connectivity index (χ4v) is 2.46. The maximum Gasteiger partial charge on any atom is 0.252 e. The van der Waals surface area contributed by atoms with Gasteiger partial charge >= 0.3 is 0 Å². The number of nitrogens with zero attached hydrogens (tertiary/aromatic N) is 3. The summed E-state index contributed by atoms with van der Waals surface area (Å²) in [5.41, 5.74) is 2.35. The van der Waals surface area contributed by atoms with Crippen LogP contribution in [0.2, 0.25) is 5.28 Å². The summed E-state index contributed by atoms with van der Waals surface area (Å²) in [4.78, 5) is 11.1. The molecule has 6 heteroatoms. The number of hydrogen-bond donors (Lipinski definition) is 0. The molecule has 1 aromatic heterocycles. The highest BCUT2D eigenvalue weighted by molar-refractivity contribution is 6.67. The lowest BCUT2D eigenvalue weighted by molar-refractivity contribution is 0.108. The summed E-state index contributed by atoms with van der Waals surface area (Å²) in [7, 11) is 0. The van der Waals surface area contributed by atoms with Crippen LogP contribution in [0.15, 0.2) is 54.6 Å². The number of halogens is 2. The minimum absolute atomic E-state index is 0.316. The van der Waals surface area contributed by atoms with Gasteiger partial charge in [0.25, 0.3) is 5.24 Å². The summed E-state index contributed by atoms with van der Waals surface area (Å²) >= 11 is 11.6. The minimum atomic E-state index is -0.490. The molecule has 3 rings (SSSR count). The number of rotatable bonds is 4. The zero-order valence-electron chi connectivity index (χ0n) is 11.4. The molecule has 0 aliphatic rings. The van der Waals surface area contributed by atoms with Gasteiger partial charge in [-0.1, -0.05) is 42.5 Å². The van der Waals surface area contributed by atoms with E-state index in [4.69, 9.17) is 23.2 Å². The number of hydrogen-bond acceptors (Lipinski definition) is 3. The second-order valence-electron chi connectivity index (χ2n) is 4.72. The van der Waals surface area contributed by atoms with Crippen molar-refractivity contribution in [3.05, 3.63) is 71.0 Å². The van der Waals surface area contributed by atoms with Crippen LogP contribution >= 0.6 is 23.2 Å². The molecule has 0 amide bonds. The van der Waals surface area contributed by atoms with E-state index in [-0.39, 0.29) is 0 Å². The Morgan fingerprint density at radius 3 is 2.32 bits per heavy atom. The van der Waals surface area contributed by atoms with Gasteiger partial charge in [-0.2, -0.15) is 0 Å². The van der Waals surface area contributed by atoms with Crippen molar-refractivity contribution < 1.29 is 4.79 Å². The largest absolute Gasteiger partial charge is 0.293 e. The second-order valence-corrected chi connectivity index (χ2v) is 5.40. The maximum atomic E-state index is 11.1. The molecular formula is C16H11Cl2N3O. The van der Waals surface area contributed by atoms with Gasteiger partial charge in [0.05, 0.1) is 6.54 Å². The van der Waals surface area contributed by atoms with Gasteiger partial charge < -0.3 is 0 Å².